The van der Waals surface area contributed by atoms with Crippen LogP contribution in [0.3, 0.4) is 0 Å². The number of fused-ring (bicyclic) bond motifs is 3. The van der Waals surface area contributed by atoms with Gasteiger partial charge >= 0.3 is 5.97 Å². The van der Waals surface area contributed by atoms with E-state index in [-0.39, 0.29) is 12.3 Å². The highest BCUT2D eigenvalue weighted by atomic mass is 16.4. The predicted octanol–water partition coefficient (Wildman–Crippen LogP) is 3.72. The Bertz CT molecular complexity index is 1410. The Morgan fingerprint density at radius 1 is 0.944 bits per heavy atom. The minimum absolute atomic E-state index is 0.0868. The zero-order valence-electron chi connectivity index (χ0n) is 19.7. The first-order valence-corrected chi connectivity index (χ1v) is 12.0. The van der Waals surface area contributed by atoms with E-state index in [0.29, 0.717) is 31.5 Å². The van der Waals surface area contributed by atoms with Crippen molar-refractivity contribution in [3.05, 3.63) is 107 Å². The molecule has 0 radical (unpaired) electrons. The van der Waals surface area contributed by atoms with E-state index in [1.54, 1.807) is 6.07 Å². The van der Waals surface area contributed by atoms with Crippen molar-refractivity contribution in [3.8, 4) is 0 Å². The van der Waals surface area contributed by atoms with Crippen molar-refractivity contribution < 1.29 is 19.5 Å². The van der Waals surface area contributed by atoms with Crippen LogP contribution < -0.4 is 5.32 Å². The lowest BCUT2D eigenvalue weighted by Crippen LogP contribution is -2.42. The van der Waals surface area contributed by atoms with Gasteiger partial charge in [0.2, 0.25) is 5.91 Å². The highest BCUT2D eigenvalue weighted by molar-refractivity contribution is 6.00. The van der Waals surface area contributed by atoms with Crippen LogP contribution in [-0.2, 0) is 35.4 Å². The van der Waals surface area contributed by atoms with Crippen LogP contribution in [0.15, 0.2) is 78.9 Å². The Morgan fingerprint density at radius 3 is 2.33 bits per heavy atom. The first-order chi connectivity index (χ1) is 17.5. The average molecular weight is 482 g/mol. The maximum atomic E-state index is 13.0. The average Bonchev–Trinajstić information content (AvgIpc) is 3.26. The summed E-state index contributed by atoms with van der Waals surface area (Å²) in [5.74, 6) is -1.41. The quantitative estimate of drug-likeness (QED) is 0.374. The van der Waals surface area contributed by atoms with Gasteiger partial charge in [-0.05, 0) is 41.3 Å². The number of rotatable bonds is 7. The van der Waals surface area contributed by atoms with Gasteiger partial charge in [0.15, 0.2) is 0 Å². The number of aromatic nitrogens is 1. The van der Waals surface area contributed by atoms with Crippen LogP contribution >= 0.6 is 0 Å². The first kappa shape index (κ1) is 23.4. The molecular weight excluding hydrogens is 454 g/mol. The lowest BCUT2D eigenvalue weighted by Gasteiger charge is -2.27. The molecule has 1 aromatic heterocycles. The van der Waals surface area contributed by atoms with Crippen LogP contribution in [0, 0.1) is 0 Å². The molecule has 2 amide bonds. The van der Waals surface area contributed by atoms with Crippen LogP contribution in [0.2, 0.25) is 0 Å². The molecule has 1 unspecified atom stereocenters. The lowest BCUT2D eigenvalue weighted by atomic mass is 10.0. The molecule has 5 rings (SSSR count). The number of nitrogens with one attached hydrogen (secondary N) is 2. The monoisotopic (exact) mass is 481 g/mol. The van der Waals surface area contributed by atoms with Gasteiger partial charge in [-0.2, -0.15) is 0 Å². The number of carboxylic acid groups (broad SMARTS) is 1. The molecule has 1 atom stereocenters. The number of carbonyl (C=O) groups excluding carboxylic acids is 2. The highest BCUT2D eigenvalue weighted by Crippen LogP contribution is 2.29. The maximum Gasteiger partial charge on any atom is 0.326 e. The summed E-state index contributed by atoms with van der Waals surface area (Å²) in [6.07, 6.45) is 1.26. The number of amides is 2. The van der Waals surface area contributed by atoms with Crippen molar-refractivity contribution in [2.45, 2.75) is 31.8 Å². The molecule has 3 aromatic carbocycles. The molecule has 0 aliphatic carbocycles. The molecule has 4 aromatic rings. The summed E-state index contributed by atoms with van der Waals surface area (Å²) in [4.78, 5) is 42.8. The van der Waals surface area contributed by atoms with Gasteiger partial charge in [-0.1, -0.05) is 60.7 Å². The summed E-state index contributed by atoms with van der Waals surface area (Å²) in [6.45, 7) is 1.11. The third-order valence-corrected chi connectivity index (χ3v) is 6.67. The summed E-state index contributed by atoms with van der Waals surface area (Å²) in [5.41, 5.74) is 5.21. The summed E-state index contributed by atoms with van der Waals surface area (Å²) in [5, 5.41) is 13.2. The molecule has 182 valence electrons. The number of hydrogen-bond donors (Lipinski definition) is 3. The Morgan fingerprint density at radius 2 is 1.64 bits per heavy atom. The zero-order chi connectivity index (χ0) is 25.1. The van der Waals surface area contributed by atoms with Gasteiger partial charge in [0.05, 0.1) is 13.0 Å². The summed E-state index contributed by atoms with van der Waals surface area (Å²) >= 11 is 0. The van der Waals surface area contributed by atoms with Crippen molar-refractivity contribution in [3.63, 3.8) is 0 Å². The second kappa shape index (κ2) is 10.1. The maximum absolute atomic E-state index is 13.0. The van der Waals surface area contributed by atoms with Gasteiger partial charge in [0.1, 0.15) is 6.04 Å². The van der Waals surface area contributed by atoms with Gasteiger partial charge in [0.25, 0.3) is 5.91 Å². The number of benzene rings is 3. The molecule has 7 nitrogen and oxygen atoms in total. The number of aliphatic carboxylic acids is 1. The summed E-state index contributed by atoms with van der Waals surface area (Å²) < 4.78 is 0. The SMILES string of the molecule is O=C(NC(Cc1ccccc1)C(=O)O)c1ccc2[nH]c3c(c2c1)CCN(C(=O)Cc1ccccc1)C3. The molecule has 1 aliphatic heterocycles. The first-order valence-electron chi connectivity index (χ1n) is 12.0. The van der Waals surface area contributed by atoms with E-state index in [1.807, 2.05) is 77.7 Å². The molecule has 7 heteroatoms. The van der Waals surface area contributed by atoms with Crippen molar-refractivity contribution in [2.24, 2.45) is 0 Å². The molecule has 0 bridgehead atoms. The zero-order valence-corrected chi connectivity index (χ0v) is 19.7. The van der Waals surface area contributed by atoms with Crippen LogP contribution in [-0.4, -0.2) is 45.4 Å². The van der Waals surface area contributed by atoms with Crippen molar-refractivity contribution in [1.82, 2.24) is 15.2 Å². The Labute approximate surface area is 208 Å². The second-order valence-corrected chi connectivity index (χ2v) is 9.12. The lowest BCUT2D eigenvalue weighted by molar-refractivity contribution is -0.139. The Kier molecular flexibility index (Phi) is 6.54. The number of carboxylic acids is 1. The summed E-state index contributed by atoms with van der Waals surface area (Å²) in [6, 6.07) is 23.3. The molecule has 0 saturated heterocycles. The molecule has 0 saturated carbocycles. The fraction of sp³-hybridized carbons (Fsp3) is 0.207. The number of H-pyrrole nitrogens is 1. The van der Waals surface area contributed by atoms with Gasteiger partial charge in [0, 0.05) is 35.1 Å². The van der Waals surface area contributed by atoms with Gasteiger partial charge in [-0.15, -0.1) is 0 Å². The topological polar surface area (TPSA) is 102 Å². The molecule has 2 heterocycles. The Balaban J connectivity index is 1.31. The molecule has 0 spiro atoms. The molecule has 1 aliphatic rings. The van der Waals surface area contributed by atoms with Crippen LogP contribution in [0.5, 0.6) is 0 Å². The fourth-order valence-electron chi connectivity index (χ4n) is 4.77. The van der Waals surface area contributed by atoms with Crippen molar-refractivity contribution >= 4 is 28.7 Å². The van der Waals surface area contributed by atoms with E-state index in [9.17, 15) is 19.5 Å². The van der Waals surface area contributed by atoms with E-state index < -0.39 is 17.9 Å². The summed E-state index contributed by atoms with van der Waals surface area (Å²) in [7, 11) is 0. The number of nitrogens with zero attached hydrogens (tertiary/aromatic N) is 1. The van der Waals surface area contributed by atoms with Crippen LogP contribution in [0.25, 0.3) is 10.9 Å². The number of aromatic amines is 1. The molecule has 3 N–H and O–H groups in total. The van der Waals surface area contributed by atoms with E-state index in [2.05, 4.69) is 10.3 Å². The fourth-order valence-corrected chi connectivity index (χ4v) is 4.77. The van der Waals surface area contributed by atoms with E-state index >= 15 is 0 Å². The predicted molar refractivity (Wildman–Crippen MR) is 137 cm³/mol. The van der Waals surface area contributed by atoms with Crippen molar-refractivity contribution in [1.29, 1.82) is 0 Å². The molecule has 0 fully saturated rings. The molecule has 36 heavy (non-hydrogen) atoms. The van der Waals surface area contributed by atoms with Gasteiger partial charge in [-0.25, -0.2) is 4.79 Å². The minimum Gasteiger partial charge on any atom is -0.480 e. The molecular formula is C29H27N3O4. The van der Waals surface area contributed by atoms with Gasteiger partial charge in [-0.3, -0.25) is 9.59 Å². The third-order valence-electron chi connectivity index (χ3n) is 6.67. The largest absolute Gasteiger partial charge is 0.480 e. The van der Waals surface area contributed by atoms with E-state index in [4.69, 9.17) is 0 Å². The number of carbonyl (C=O) groups is 3. The second-order valence-electron chi connectivity index (χ2n) is 9.12. The normalized spacial score (nSPS) is 13.7. The van der Waals surface area contributed by atoms with Gasteiger partial charge < -0.3 is 20.3 Å². The van der Waals surface area contributed by atoms with Crippen LogP contribution in [0.1, 0.15) is 32.7 Å². The van der Waals surface area contributed by atoms with Crippen LogP contribution in [0.4, 0.5) is 0 Å². The highest BCUT2D eigenvalue weighted by Gasteiger charge is 2.25. The Hall–Kier alpha value is -4.39. The van der Waals surface area contributed by atoms with E-state index in [0.717, 1.165) is 33.3 Å². The smallest absolute Gasteiger partial charge is 0.326 e. The standard InChI is InChI=1S/C29H27N3O4/c33-27(16-20-9-5-2-6-10-20)32-14-13-22-23-17-21(11-12-24(23)30-26(22)18-32)28(34)31-25(29(35)36)15-19-7-3-1-4-8-19/h1-12,17,25,30H,13-16,18H2,(H,31,34)(H,35,36). The number of hydrogen-bond acceptors (Lipinski definition) is 3. The van der Waals surface area contributed by atoms with E-state index in [1.165, 1.54) is 0 Å². The van der Waals surface area contributed by atoms with Crippen molar-refractivity contribution in [2.75, 3.05) is 6.54 Å². The minimum atomic E-state index is -1.08. The third kappa shape index (κ3) is 5.00.